The standard InChI is InChI=1S/C57H63BrFN12O5P/c1-66-34-38(32-61-66)42-30-46(63-56-60-33-44(58)52(65-56)62-45-13-10-37(28-50(45)77(3)4)36-8-6-5-7-9-36)49(76-2)31-48(42)70-20-16-39(17-21-70)69-26-24-67(25-27-69)35-57(59)18-22-68(23-19-57)40-11-12-41-43(29-40)55(75)71(54(41)74)47-14-15-51(72)64-53(47)73/h5-13,28-34,39,47H,14-27,35H2,1-4H3,(H,64,72,73)(H2,60,62,63,65). The molecule has 20 heteroatoms. The minimum atomic E-state index is -1.34. The van der Waals surface area contributed by atoms with Gasteiger partial charge in [0.2, 0.25) is 17.8 Å². The molecular weight excluding hydrogens is 1060 g/mol. The fraction of sp³-hybridized carbons (Fsp3) is 0.386. The predicted molar refractivity (Wildman–Crippen MR) is 303 cm³/mol. The molecule has 0 radical (unpaired) electrons. The largest absolute Gasteiger partial charge is 0.494 e. The number of hydrogen-bond acceptors (Lipinski definition) is 14. The van der Waals surface area contributed by atoms with E-state index in [0.717, 1.165) is 95.4 Å². The van der Waals surface area contributed by atoms with Crippen molar-refractivity contribution in [2.75, 3.05) is 99.8 Å². The van der Waals surface area contributed by atoms with Gasteiger partial charge in [0.25, 0.3) is 11.8 Å². The van der Waals surface area contributed by atoms with Crippen LogP contribution in [-0.4, -0.2) is 155 Å². The number of aromatic nitrogens is 4. The number of aryl methyl sites for hydroxylation is 1. The van der Waals surface area contributed by atoms with Gasteiger partial charge >= 0.3 is 0 Å². The number of rotatable bonds is 14. The molecule has 7 heterocycles. The van der Waals surface area contributed by atoms with E-state index in [9.17, 15) is 19.2 Å². The molecule has 4 fully saturated rings. The van der Waals surface area contributed by atoms with Gasteiger partial charge in [-0.25, -0.2) is 9.37 Å². The zero-order valence-corrected chi connectivity index (χ0v) is 46.2. The van der Waals surface area contributed by atoms with Crippen LogP contribution in [0.2, 0.25) is 0 Å². The zero-order valence-electron chi connectivity index (χ0n) is 43.8. The summed E-state index contributed by atoms with van der Waals surface area (Å²) in [7, 11) is 3.16. The van der Waals surface area contributed by atoms with Gasteiger partial charge in [-0.05, 0) is 101 Å². The van der Waals surface area contributed by atoms with Crippen molar-refractivity contribution < 1.29 is 28.3 Å². The van der Waals surface area contributed by atoms with Crippen LogP contribution in [0.4, 0.5) is 38.9 Å². The van der Waals surface area contributed by atoms with Gasteiger partial charge in [0.1, 0.15) is 23.3 Å². The molecule has 4 saturated heterocycles. The molecule has 0 spiro atoms. The summed E-state index contributed by atoms with van der Waals surface area (Å²) in [6.07, 6.45) is 8.52. The summed E-state index contributed by atoms with van der Waals surface area (Å²) in [5.41, 5.74) is 7.03. The molecule has 1 unspecified atom stereocenters. The second-order valence-corrected chi connectivity index (χ2v) is 24.1. The lowest BCUT2D eigenvalue weighted by atomic mass is 9.91. The SMILES string of the molecule is COc1cc(N2CCC(N3CCN(CC4(F)CCN(c5ccc6c(c5)C(=O)N(C5CCC(=O)NC5=O)C6=O)CC4)CC3)CC2)c(-c2cnn(C)c2)cc1Nc1ncc(Br)c(Nc2ccc(-c3ccccc3)cc2P(C)C)n1. The van der Waals surface area contributed by atoms with Crippen LogP contribution in [0.1, 0.15) is 59.2 Å². The van der Waals surface area contributed by atoms with Crippen LogP contribution in [0.15, 0.2) is 102 Å². The monoisotopic (exact) mass is 1120 g/mol. The minimum absolute atomic E-state index is 0.0604. The van der Waals surface area contributed by atoms with Crippen LogP contribution in [0.5, 0.6) is 5.75 Å². The highest BCUT2D eigenvalue weighted by Crippen LogP contribution is 2.43. The summed E-state index contributed by atoms with van der Waals surface area (Å²) in [6, 6.07) is 25.7. The third kappa shape index (κ3) is 10.9. The van der Waals surface area contributed by atoms with Crippen molar-refractivity contribution in [3.8, 4) is 28.0 Å². The first-order valence-electron chi connectivity index (χ1n) is 26.4. The second-order valence-electron chi connectivity index (χ2n) is 21.0. The number of fused-ring (bicyclic) bond motifs is 1. The van der Waals surface area contributed by atoms with Crippen molar-refractivity contribution in [3.63, 3.8) is 0 Å². The lowest BCUT2D eigenvalue weighted by Crippen LogP contribution is -2.56. The Balaban J connectivity index is 0.701. The normalized spacial score (nSPS) is 19.5. The minimum Gasteiger partial charge on any atom is -0.494 e. The van der Waals surface area contributed by atoms with Gasteiger partial charge in [-0.15, -0.1) is 0 Å². The van der Waals surface area contributed by atoms with Crippen LogP contribution in [0.25, 0.3) is 22.3 Å². The lowest BCUT2D eigenvalue weighted by molar-refractivity contribution is -0.136. The molecule has 4 aromatic carbocycles. The van der Waals surface area contributed by atoms with E-state index in [-0.39, 0.29) is 24.0 Å². The van der Waals surface area contributed by atoms with Gasteiger partial charge in [0.15, 0.2) is 0 Å². The summed E-state index contributed by atoms with van der Waals surface area (Å²) in [5.74, 6) is -0.410. The zero-order chi connectivity index (χ0) is 53.5. The number of imide groups is 2. The molecule has 5 aliphatic heterocycles. The molecule has 5 aliphatic rings. The number of methoxy groups -OCH3 is 1. The number of piperazine rings is 1. The van der Waals surface area contributed by atoms with Gasteiger partial charge in [-0.2, -0.15) is 10.1 Å². The average molecular weight is 1130 g/mol. The molecule has 0 aliphatic carbocycles. The Bertz CT molecular complexity index is 3230. The first kappa shape index (κ1) is 52.3. The van der Waals surface area contributed by atoms with E-state index < -0.39 is 43.3 Å². The number of nitrogens with zero attached hydrogens (tertiary/aromatic N) is 9. The maximum atomic E-state index is 16.6. The predicted octanol–water partition coefficient (Wildman–Crippen LogP) is 8.17. The number of nitrogens with one attached hydrogen (secondary N) is 3. The molecule has 0 saturated carbocycles. The molecule has 3 N–H and O–H groups in total. The van der Waals surface area contributed by atoms with Crippen molar-refractivity contribution >= 4 is 87.3 Å². The van der Waals surface area contributed by atoms with Crippen LogP contribution in [0, 0.1) is 0 Å². The maximum absolute atomic E-state index is 16.6. The quantitative estimate of drug-likeness (QED) is 0.0704. The van der Waals surface area contributed by atoms with E-state index in [2.05, 4.69) is 129 Å². The fourth-order valence-electron chi connectivity index (χ4n) is 11.6. The third-order valence-electron chi connectivity index (χ3n) is 15.8. The Morgan fingerprint density at radius 1 is 0.779 bits per heavy atom. The fourth-order valence-corrected chi connectivity index (χ4v) is 12.9. The Kier molecular flexibility index (Phi) is 14.9. The third-order valence-corrected chi connectivity index (χ3v) is 17.8. The van der Waals surface area contributed by atoms with Crippen molar-refractivity contribution in [3.05, 3.63) is 113 Å². The first-order chi connectivity index (χ1) is 37.2. The van der Waals surface area contributed by atoms with E-state index in [1.54, 1.807) is 31.5 Å². The van der Waals surface area contributed by atoms with E-state index in [4.69, 9.17) is 9.72 Å². The van der Waals surface area contributed by atoms with Gasteiger partial charge in [0.05, 0.1) is 34.6 Å². The summed E-state index contributed by atoms with van der Waals surface area (Å²) in [6.45, 7) is 10.9. The highest BCUT2D eigenvalue weighted by molar-refractivity contribution is 9.10. The van der Waals surface area contributed by atoms with Gasteiger partial charge in [0, 0.05) is 138 Å². The molecule has 0 bridgehead atoms. The summed E-state index contributed by atoms with van der Waals surface area (Å²) in [4.78, 5) is 70.9. The van der Waals surface area contributed by atoms with Crippen LogP contribution in [0.3, 0.4) is 0 Å². The molecular formula is C57H63BrFN12O5P. The summed E-state index contributed by atoms with van der Waals surface area (Å²) >= 11 is 3.70. The highest BCUT2D eigenvalue weighted by Gasteiger charge is 2.45. The number of carbonyl (C=O) groups is 4. The Hall–Kier alpha value is -6.79. The van der Waals surface area contributed by atoms with Crippen molar-refractivity contribution in [2.24, 2.45) is 7.05 Å². The van der Waals surface area contributed by atoms with Crippen LogP contribution < -0.4 is 35.8 Å². The molecule has 2 aromatic heterocycles. The molecule has 400 valence electrons. The number of halogens is 2. The number of benzene rings is 4. The van der Waals surface area contributed by atoms with Crippen molar-refractivity contribution in [1.29, 1.82) is 0 Å². The topological polar surface area (TPSA) is 173 Å². The van der Waals surface area contributed by atoms with E-state index in [1.807, 2.05) is 30.2 Å². The Morgan fingerprint density at radius 3 is 2.23 bits per heavy atom. The lowest BCUT2D eigenvalue weighted by Gasteiger charge is -2.45. The molecule has 17 nitrogen and oxygen atoms in total. The van der Waals surface area contributed by atoms with E-state index >= 15 is 4.39 Å². The van der Waals surface area contributed by atoms with E-state index in [0.29, 0.717) is 56.0 Å². The molecule has 6 aromatic rings. The molecule has 11 rings (SSSR count). The van der Waals surface area contributed by atoms with Gasteiger partial charge < -0.3 is 25.2 Å². The van der Waals surface area contributed by atoms with Crippen molar-refractivity contribution in [2.45, 2.75) is 56.3 Å². The van der Waals surface area contributed by atoms with Crippen molar-refractivity contribution in [1.82, 2.24) is 39.8 Å². The van der Waals surface area contributed by atoms with Gasteiger partial charge in [-0.1, -0.05) is 44.3 Å². The summed E-state index contributed by atoms with van der Waals surface area (Å²) in [5, 5.41) is 15.1. The highest BCUT2D eigenvalue weighted by atomic mass is 79.9. The number of ether oxygens (including phenoxy) is 1. The van der Waals surface area contributed by atoms with E-state index in [1.165, 1.54) is 16.4 Å². The summed E-state index contributed by atoms with van der Waals surface area (Å²) < 4.78 is 25.2. The number of alkyl halides is 1. The maximum Gasteiger partial charge on any atom is 0.262 e. The molecule has 1 atom stereocenters. The average Bonchev–Trinajstić information content (AvgIpc) is 3.98. The van der Waals surface area contributed by atoms with Gasteiger partial charge in [-0.3, -0.25) is 43.9 Å². The molecule has 4 amide bonds. The Labute approximate surface area is 457 Å². The number of piperidine rings is 3. The first-order valence-corrected chi connectivity index (χ1v) is 29.4. The number of hydrogen-bond donors (Lipinski definition) is 3. The number of carbonyl (C=O) groups excluding carboxylic acids is 4. The second kappa shape index (κ2) is 21.9. The number of anilines is 6. The molecule has 77 heavy (non-hydrogen) atoms. The van der Waals surface area contributed by atoms with Crippen LogP contribution in [-0.2, 0) is 16.6 Å². The number of amides is 4. The smallest absolute Gasteiger partial charge is 0.262 e. The Morgan fingerprint density at radius 2 is 1.53 bits per heavy atom. The van der Waals surface area contributed by atoms with Crippen LogP contribution >= 0.6 is 23.9 Å².